The molecule has 3 rings (SSSR count). The fraction of sp³-hybridized carbons (Fsp3) is 0.393. The van der Waals surface area contributed by atoms with Gasteiger partial charge in [0.1, 0.15) is 5.75 Å². The van der Waals surface area contributed by atoms with E-state index >= 15 is 0 Å². The van der Waals surface area contributed by atoms with Crippen molar-refractivity contribution in [3.63, 3.8) is 0 Å². The number of hydrogen-bond donors (Lipinski definition) is 1. The van der Waals surface area contributed by atoms with E-state index in [1.165, 1.54) is 0 Å². The summed E-state index contributed by atoms with van der Waals surface area (Å²) in [6.45, 7) is 10.0. The molecule has 0 amide bonds. The minimum atomic E-state index is -0.457. The van der Waals surface area contributed by atoms with Crippen LogP contribution in [-0.4, -0.2) is 52.7 Å². The van der Waals surface area contributed by atoms with Crippen molar-refractivity contribution in [1.82, 2.24) is 9.47 Å². The van der Waals surface area contributed by atoms with Crippen LogP contribution in [0.15, 0.2) is 60.8 Å². The molecule has 3 aromatic rings. The summed E-state index contributed by atoms with van der Waals surface area (Å²) < 4.78 is 7.54. The number of ether oxygens (including phenoxy) is 1. The number of rotatable bonds is 13. The van der Waals surface area contributed by atoms with Crippen molar-refractivity contribution in [2.24, 2.45) is 0 Å². The molecule has 0 saturated carbocycles. The number of benzene rings is 2. The number of para-hydroxylation sites is 1. The zero-order valence-electron chi connectivity index (χ0n) is 20.0. The van der Waals surface area contributed by atoms with Gasteiger partial charge in [0.25, 0.3) is 0 Å². The van der Waals surface area contributed by atoms with Gasteiger partial charge < -0.3 is 19.3 Å². The highest BCUT2D eigenvalue weighted by molar-refractivity contribution is 6.07. The molecule has 1 unspecified atom stereocenters. The van der Waals surface area contributed by atoms with E-state index in [9.17, 15) is 9.90 Å². The molecule has 176 valence electrons. The van der Waals surface area contributed by atoms with Gasteiger partial charge in [0.05, 0.1) is 12.7 Å². The van der Waals surface area contributed by atoms with Gasteiger partial charge in [-0.2, -0.15) is 0 Å². The van der Waals surface area contributed by atoms with Gasteiger partial charge in [-0.3, -0.25) is 4.79 Å². The van der Waals surface area contributed by atoms with Crippen LogP contribution in [0.5, 0.6) is 5.75 Å². The summed E-state index contributed by atoms with van der Waals surface area (Å²) in [4.78, 5) is 15.0. The monoisotopic (exact) mass is 448 g/mol. The summed E-state index contributed by atoms with van der Waals surface area (Å²) >= 11 is 0. The second kappa shape index (κ2) is 12.4. The van der Waals surface area contributed by atoms with Crippen LogP contribution < -0.4 is 4.74 Å². The fourth-order valence-corrected chi connectivity index (χ4v) is 4.21. The quantitative estimate of drug-likeness (QED) is 0.280. The SMILES string of the molecule is CCCN(CCC)CC(O)Cn1cc(/C=C/C(=O)c2ccc(OCC)cc2)c2ccccc21. The van der Waals surface area contributed by atoms with E-state index in [0.29, 0.717) is 25.3 Å². The molecule has 33 heavy (non-hydrogen) atoms. The van der Waals surface area contributed by atoms with Gasteiger partial charge in [-0.1, -0.05) is 32.0 Å². The van der Waals surface area contributed by atoms with Crippen molar-refractivity contribution in [2.75, 3.05) is 26.2 Å². The van der Waals surface area contributed by atoms with E-state index < -0.39 is 6.10 Å². The van der Waals surface area contributed by atoms with Crippen molar-refractivity contribution in [1.29, 1.82) is 0 Å². The molecule has 0 bridgehead atoms. The second-order valence-corrected chi connectivity index (χ2v) is 8.36. The first-order valence-electron chi connectivity index (χ1n) is 12.0. The number of aliphatic hydroxyl groups is 1. The fourth-order valence-electron chi connectivity index (χ4n) is 4.21. The molecule has 5 heteroatoms. The first-order chi connectivity index (χ1) is 16.0. The van der Waals surface area contributed by atoms with Gasteiger partial charge in [0.2, 0.25) is 0 Å². The number of hydrogen-bond acceptors (Lipinski definition) is 4. The van der Waals surface area contributed by atoms with Crippen LogP contribution in [0.2, 0.25) is 0 Å². The third kappa shape index (κ3) is 6.80. The maximum atomic E-state index is 12.7. The van der Waals surface area contributed by atoms with Crippen LogP contribution in [0.25, 0.3) is 17.0 Å². The molecule has 0 saturated heterocycles. The Morgan fingerprint density at radius 3 is 2.42 bits per heavy atom. The van der Waals surface area contributed by atoms with Crippen LogP contribution in [-0.2, 0) is 6.54 Å². The third-order valence-electron chi connectivity index (χ3n) is 5.64. The molecular weight excluding hydrogens is 412 g/mol. The highest BCUT2D eigenvalue weighted by atomic mass is 16.5. The van der Waals surface area contributed by atoms with Gasteiger partial charge >= 0.3 is 0 Å². The molecule has 0 fully saturated rings. The molecule has 1 heterocycles. The summed E-state index contributed by atoms with van der Waals surface area (Å²) in [6.07, 6.45) is 7.21. The van der Waals surface area contributed by atoms with Crippen molar-refractivity contribution in [3.8, 4) is 5.75 Å². The first-order valence-corrected chi connectivity index (χ1v) is 12.0. The topological polar surface area (TPSA) is 54.7 Å². The Bertz CT molecular complexity index is 1050. The molecule has 5 nitrogen and oxygen atoms in total. The summed E-state index contributed by atoms with van der Waals surface area (Å²) in [7, 11) is 0. The Hall–Kier alpha value is -2.89. The summed E-state index contributed by atoms with van der Waals surface area (Å²) in [5.74, 6) is 0.709. The average molecular weight is 449 g/mol. The molecule has 1 atom stereocenters. The lowest BCUT2D eigenvalue weighted by atomic mass is 10.1. The third-order valence-corrected chi connectivity index (χ3v) is 5.64. The Balaban J connectivity index is 1.75. The lowest BCUT2D eigenvalue weighted by Crippen LogP contribution is -2.35. The first kappa shape index (κ1) is 24.7. The Labute approximate surface area is 197 Å². The molecule has 1 aromatic heterocycles. The summed E-state index contributed by atoms with van der Waals surface area (Å²) in [5, 5.41) is 11.8. The average Bonchev–Trinajstić information content (AvgIpc) is 3.16. The van der Waals surface area contributed by atoms with Gasteiger partial charge in [0.15, 0.2) is 5.78 Å². The standard InChI is InChI=1S/C28H36N2O3/c1-4-17-29(18-5-2)20-24(31)21-30-19-23(26-9-7-8-10-27(26)30)13-16-28(32)22-11-14-25(15-12-22)33-6-3/h7-16,19,24,31H,4-6,17-18,20-21H2,1-3H3/b16-13+. The van der Waals surface area contributed by atoms with E-state index in [1.54, 1.807) is 18.2 Å². The summed E-state index contributed by atoms with van der Waals surface area (Å²) in [6, 6.07) is 15.3. The Kier molecular flexibility index (Phi) is 9.28. The largest absolute Gasteiger partial charge is 0.494 e. The molecule has 0 aliphatic heterocycles. The van der Waals surface area contributed by atoms with Crippen molar-refractivity contribution in [2.45, 2.75) is 46.3 Å². The summed E-state index contributed by atoms with van der Waals surface area (Å²) in [5.41, 5.74) is 2.65. The lowest BCUT2D eigenvalue weighted by molar-refractivity contribution is 0.0988. The molecule has 0 radical (unpaired) electrons. The lowest BCUT2D eigenvalue weighted by Gasteiger charge is -2.24. The Morgan fingerprint density at radius 1 is 1.06 bits per heavy atom. The highest BCUT2D eigenvalue weighted by Gasteiger charge is 2.14. The van der Waals surface area contributed by atoms with Crippen molar-refractivity contribution >= 4 is 22.8 Å². The van der Waals surface area contributed by atoms with Crippen molar-refractivity contribution < 1.29 is 14.6 Å². The number of ketones is 1. The van der Waals surface area contributed by atoms with E-state index in [0.717, 1.165) is 48.1 Å². The zero-order chi connectivity index (χ0) is 23.6. The van der Waals surface area contributed by atoms with Crippen LogP contribution >= 0.6 is 0 Å². The van der Waals surface area contributed by atoms with Gasteiger partial charge in [0, 0.05) is 41.3 Å². The number of carbonyl (C=O) groups excluding carboxylic acids is 1. The molecule has 1 N–H and O–H groups in total. The predicted molar refractivity (Wildman–Crippen MR) is 136 cm³/mol. The molecular formula is C28H36N2O3. The maximum Gasteiger partial charge on any atom is 0.185 e. The van der Waals surface area contributed by atoms with Crippen LogP contribution in [0.4, 0.5) is 0 Å². The number of aliphatic hydroxyl groups excluding tert-OH is 1. The number of nitrogens with zero attached hydrogens (tertiary/aromatic N) is 2. The smallest absolute Gasteiger partial charge is 0.185 e. The van der Waals surface area contributed by atoms with E-state index in [-0.39, 0.29) is 5.78 Å². The van der Waals surface area contributed by atoms with Gasteiger partial charge in [-0.05, 0) is 75.3 Å². The predicted octanol–water partition coefficient (Wildman–Crippen LogP) is 5.42. The van der Waals surface area contributed by atoms with Gasteiger partial charge in [-0.15, -0.1) is 0 Å². The molecule has 0 aliphatic carbocycles. The number of aromatic nitrogens is 1. The van der Waals surface area contributed by atoms with Crippen LogP contribution in [0.3, 0.4) is 0 Å². The molecule has 0 aliphatic rings. The Morgan fingerprint density at radius 2 is 1.76 bits per heavy atom. The molecule has 2 aromatic carbocycles. The number of fused-ring (bicyclic) bond motifs is 1. The minimum absolute atomic E-state index is 0.0512. The zero-order valence-corrected chi connectivity index (χ0v) is 20.0. The number of carbonyl (C=O) groups is 1. The minimum Gasteiger partial charge on any atom is -0.494 e. The van der Waals surface area contributed by atoms with E-state index in [1.807, 2.05) is 43.5 Å². The van der Waals surface area contributed by atoms with Crippen molar-refractivity contribution in [3.05, 3.63) is 71.9 Å². The normalized spacial score (nSPS) is 12.6. The highest BCUT2D eigenvalue weighted by Crippen LogP contribution is 2.23. The van der Waals surface area contributed by atoms with Crippen LogP contribution in [0.1, 0.15) is 49.5 Å². The van der Waals surface area contributed by atoms with E-state index in [4.69, 9.17) is 4.74 Å². The van der Waals surface area contributed by atoms with Gasteiger partial charge in [-0.25, -0.2) is 0 Å². The number of allylic oxidation sites excluding steroid dienone is 1. The maximum absolute atomic E-state index is 12.7. The molecule has 0 spiro atoms. The van der Waals surface area contributed by atoms with Crippen LogP contribution in [0, 0.1) is 0 Å². The second-order valence-electron chi connectivity index (χ2n) is 8.36. The van der Waals surface area contributed by atoms with E-state index in [2.05, 4.69) is 35.4 Å².